The Morgan fingerprint density at radius 3 is 2.48 bits per heavy atom. The number of nitro benzene ring substituents is 1. The van der Waals surface area contributed by atoms with Gasteiger partial charge in [0.1, 0.15) is 5.82 Å². The van der Waals surface area contributed by atoms with Crippen LogP contribution in [0.3, 0.4) is 0 Å². The number of benzene rings is 2. The Kier molecular flexibility index (Phi) is 4.27. The maximum absolute atomic E-state index is 13.5. The summed E-state index contributed by atoms with van der Waals surface area (Å²) < 4.78 is 27.2. The second-order valence-corrected chi connectivity index (χ2v) is 4.92. The Bertz CT molecular complexity index is 737. The molecule has 2 rings (SSSR count). The molecule has 2 aromatic rings. The Morgan fingerprint density at radius 1 is 1.14 bits per heavy atom. The molecule has 2 aromatic carbocycles. The largest absolute Gasteiger partial charge is 0.319 e. The molecule has 0 aliphatic carbocycles. The number of rotatable bonds is 3. The van der Waals surface area contributed by atoms with E-state index >= 15 is 0 Å². The summed E-state index contributed by atoms with van der Waals surface area (Å²) in [4.78, 5) is 21.6. The van der Waals surface area contributed by atoms with E-state index in [1.165, 1.54) is 12.1 Å². The fraction of sp³-hybridized carbons (Fsp3) is 0. The first-order valence-electron chi connectivity index (χ1n) is 5.59. The topological polar surface area (TPSA) is 72.2 Å². The van der Waals surface area contributed by atoms with Crippen LogP contribution in [0.15, 0.2) is 40.9 Å². The first-order valence-corrected chi connectivity index (χ1v) is 6.38. The zero-order valence-corrected chi connectivity index (χ0v) is 11.9. The molecule has 0 fully saturated rings. The minimum atomic E-state index is -1.05. The van der Waals surface area contributed by atoms with Gasteiger partial charge in [-0.2, -0.15) is 4.39 Å². The van der Waals surface area contributed by atoms with E-state index in [0.29, 0.717) is 4.47 Å². The SMILES string of the molecule is O=C(Nc1cc(Br)ccc1F)c1ccc(F)c([N+](=O)[O-])c1. The molecule has 0 saturated carbocycles. The summed E-state index contributed by atoms with van der Waals surface area (Å²) in [5.41, 5.74) is -1.07. The maximum atomic E-state index is 13.5. The lowest BCUT2D eigenvalue weighted by Crippen LogP contribution is -2.13. The van der Waals surface area contributed by atoms with Crippen LogP contribution in [0.25, 0.3) is 0 Å². The summed E-state index contributed by atoms with van der Waals surface area (Å²) in [5, 5.41) is 12.9. The van der Waals surface area contributed by atoms with Gasteiger partial charge >= 0.3 is 5.69 Å². The molecular weight excluding hydrogens is 350 g/mol. The van der Waals surface area contributed by atoms with Crippen LogP contribution >= 0.6 is 15.9 Å². The number of nitro groups is 1. The number of hydrogen-bond donors (Lipinski definition) is 1. The number of carbonyl (C=O) groups is 1. The summed E-state index contributed by atoms with van der Waals surface area (Å²) >= 11 is 3.13. The molecule has 1 amide bonds. The number of anilines is 1. The van der Waals surface area contributed by atoms with Crippen molar-refractivity contribution >= 4 is 33.2 Å². The van der Waals surface area contributed by atoms with Crippen molar-refractivity contribution in [2.24, 2.45) is 0 Å². The van der Waals surface area contributed by atoms with Gasteiger partial charge in [-0.25, -0.2) is 4.39 Å². The summed E-state index contributed by atoms with van der Waals surface area (Å²) in [7, 11) is 0. The standard InChI is InChI=1S/C13H7BrF2N2O3/c14-8-2-4-9(15)11(6-8)17-13(19)7-1-3-10(16)12(5-7)18(20)21/h1-6H,(H,17,19). The monoisotopic (exact) mass is 356 g/mol. The first kappa shape index (κ1) is 15.0. The van der Waals surface area contributed by atoms with Gasteiger partial charge in [-0.05, 0) is 30.3 Å². The van der Waals surface area contributed by atoms with Crippen molar-refractivity contribution in [1.29, 1.82) is 0 Å². The Labute approximate surface area is 125 Å². The van der Waals surface area contributed by atoms with Gasteiger partial charge in [-0.3, -0.25) is 14.9 Å². The molecule has 0 atom stereocenters. The number of amides is 1. The van der Waals surface area contributed by atoms with Gasteiger partial charge in [0.05, 0.1) is 10.6 Å². The molecule has 0 aliphatic heterocycles. The Hall–Kier alpha value is -2.35. The quantitative estimate of drug-likeness (QED) is 0.669. The lowest BCUT2D eigenvalue weighted by atomic mass is 10.1. The molecule has 0 saturated heterocycles. The molecule has 0 heterocycles. The summed E-state index contributed by atoms with van der Waals surface area (Å²) in [6, 6.07) is 6.62. The van der Waals surface area contributed by atoms with Crippen molar-refractivity contribution in [3.05, 3.63) is 68.2 Å². The van der Waals surface area contributed by atoms with Crippen LogP contribution in [0.4, 0.5) is 20.2 Å². The molecule has 5 nitrogen and oxygen atoms in total. The van der Waals surface area contributed by atoms with Crippen LogP contribution in [0.1, 0.15) is 10.4 Å². The van der Waals surface area contributed by atoms with E-state index in [4.69, 9.17) is 0 Å². The highest BCUT2D eigenvalue weighted by molar-refractivity contribution is 9.10. The predicted molar refractivity (Wildman–Crippen MR) is 75.1 cm³/mol. The Morgan fingerprint density at radius 2 is 1.81 bits per heavy atom. The van der Waals surface area contributed by atoms with Crippen LogP contribution in [-0.4, -0.2) is 10.8 Å². The van der Waals surface area contributed by atoms with Gasteiger partial charge < -0.3 is 5.32 Å². The molecule has 0 spiro atoms. The van der Waals surface area contributed by atoms with Gasteiger partial charge in [0.25, 0.3) is 5.91 Å². The summed E-state index contributed by atoms with van der Waals surface area (Å²) in [6.45, 7) is 0. The zero-order chi connectivity index (χ0) is 15.6. The minimum absolute atomic E-state index is 0.0960. The van der Waals surface area contributed by atoms with Crippen LogP contribution in [0.2, 0.25) is 0 Å². The lowest BCUT2D eigenvalue weighted by Gasteiger charge is -2.07. The van der Waals surface area contributed by atoms with Crippen LogP contribution in [0, 0.1) is 21.7 Å². The van der Waals surface area contributed by atoms with E-state index in [1.807, 2.05) is 0 Å². The molecule has 21 heavy (non-hydrogen) atoms. The van der Waals surface area contributed by atoms with Crippen molar-refractivity contribution in [1.82, 2.24) is 0 Å². The first-order chi connectivity index (χ1) is 9.88. The van der Waals surface area contributed by atoms with E-state index in [9.17, 15) is 23.7 Å². The molecular formula is C13H7BrF2N2O3. The average Bonchev–Trinajstić information content (AvgIpc) is 2.43. The molecule has 1 N–H and O–H groups in total. The molecule has 0 radical (unpaired) electrons. The van der Waals surface area contributed by atoms with Crippen LogP contribution in [0.5, 0.6) is 0 Å². The lowest BCUT2D eigenvalue weighted by molar-refractivity contribution is -0.387. The van der Waals surface area contributed by atoms with Crippen LogP contribution < -0.4 is 5.32 Å². The second-order valence-electron chi connectivity index (χ2n) is 4.00. The Balaban J connectivity index is 2.30. The van der Waals surface area contributed by atoms with E-state index in [1.54, 1.807) is 0 Å². The third kappa shape index (κ3) is 3.40. The van der Waals surface area contributed by atoms with E-state index in [2.05, 4.69) is 21.2 Å². The highest BCUT2D eigenvalue weighted by atomic mass is 79.9. The number of hydrogen-bond acceptors (Lipinski definition) is 3. The van der Waals surface area contributed by atoms with Gasteiger partial charge in [-0.15, -0.1) is 0 Å². The van der Waals surface area contributed by atoms with E-state index < -0.39 is 28.2 Å². The third-order valence-corrected chi connectivity index (χ3v) is 3.07. The minimum Gasteiger partial charge on any atom is -0.319 e. The van der Waals surface area contributed by atoms with E-state index in [-0.39, 0.29) is 11.3 Å². The second kappa shape index (κ2) is 5.96. The maximum Gasteiger partial charge on any atom is 0.305 e. The molecule has 0 unspecified atom stereocenters. The fourth-order valence-electron chi connectivity index (χ4n) is 1.58. The fourth-order valence-corrected chi connectivity index (χ4v) is 1.94. The van der Waals surface area contributed by atoms with Crippen molar-refractivity contribution in [2.75, 3.05) is 5.32 Å². The summed E-state index contributed by atoms with van der Waals surface area (Å²) in [6.07, 6.45) is 0. The molecule has 0 aromatic heterocycles. The third-order valence-electron chi connectivity index (χ3n) is 2.58. The molecule has 0 aliphatic rings. The van der Waals surface area contributed by atoms with Gasteiger partial charge in [0.2, 0.25) is 5.82 Å². The number of nitrogens with one attached hydrogen (secondary N) is 1. The van der Waals surface area contributed by atoms with Crippen molar-refractivity contribution in [3.8, 4) is 0 Å². The van der Waals surface area contributed by atoms with Crippen LogP contribution in [-0.2, 0) is 0 Å². The molecule has 0 bridgehead atoms. The van der Waals surface area contributed by atoms with Gasteiger partial charge in [-0.1, -0.05) is 15.9 Å². The smallest absolute Gasteiger partial charge is 0.305 e. The molecule has 108 valence electrons. The number of nitrogens with zero attached hydrogens (tertiary/aromatic N) is 1. The van der Waals surface area contributed by atoms with Crippen molar-refractivity contribution in [3.63, 3.8) is 0 Å². The van der Waals surface area contributed by atoms with Gasteiger partial charge in [0, 0.05) is 16.1 Å². The molecule has 8 heteroatoms. The zero-order valence-electron chi connectivity index (χ0n) is 10.3. The highest BCUT2D eigenvalue weighted by Crippen LogP contribution is 2.22. The van der Waals surface area contributed by atoms with Gasteiger partial charge in [0.15, 0.2) is 0 Å². The summed E-state index contributed by atoms with van der Waals surface area (Å²) in [5.74, 6) is -2.50. The normalized spacial score (nSPS) is 10.2. The predicted octanol–water partition coefficient (Wildman–Crippen LogP) is 3.89. The average molecular weight is 357 g/mol. The van der Waals surface area contributed by atoms with E-state index in [0.717, 1.165) is 24.3 Å². The number of halogens is 3. The highest BCUT2D eigenvalue weighted by Gasteiger charge is 2.18. The van der Waals surface area contributed by atoms with Crippen molar-refractivity contribution in [2.45, 2.75) is 0 Å². The number of carbonyl (C=O) groups excluding carboxylic acids is 1. The van der Waals surface area contributed by atoms with Crippen molar-refractivity contribution < 1.29 is 18.5 Å².